The molecule has 7 rings (SSSR count). The standard InChI is InChI=1S/C36H34ClN3O5/c1-3-17-39-32(42)26-16-15-24-27(30(26)34(39)44)19-28-33(43)40(38-22-11-9-20(2)10-12-22)35(45)36(28,21-7-5-4-6-8-21)31(24)25-14-13-23(41)18-29(25)37/h4-15,18,26-28,30-31,38,41H,3,16-17,19H2,1-2H3/t26-,27+,28-,30-,31+,36+/m0/s1. The molecule has 6 atom stereocenters. The fraction of sp³-hybridized carbons (Fsp3) is 0.333. The molecule has 3 fully saturated rings. The lowest BCUT2D eigenvalue weighted by molar-refractivity contribution is -0.141. The van der Waals surface area contributed by atoms with Crippen molar-refractivity contribution in [1.29, 1.82) is 0 Å². The number of fused-ring (bicyclic) bond motifs is 4. The second kappa shape index (κ2) is 10.9. The van der Waals surface area contributed by atoms with Gasteiger partial charge in [-0.15, -0.1) is 0 Å². The monoisotopic (exact) mass is 623 g/mol. The molecule has 2 heterocycles. The molecule has 1 saturated carbocycles. The predicted molar refractivity (Wildman–Crippen MR) is 169 cm³/mol. The number of carbonyl (C=O) groups excluding carboxylic acids is 4. The Hall–Kier alpha value is -4.43. The summed E-state index contributed by atoms with van der Waals surface area (Å²) in [6, 6.07) is 21.4. The molecule has 4 aliphatic rings. The van der Waals surface area contributed by atoms with Crippen LogP contribution in [-0.4, -0.2) is 45.2 Å². The second-order valence-electron chi connectivity index (χ2n) is 12.6. The summed E-state index contributed by atoms with van der Waals surface area (Å²) in [6.45, 7) is 4.24. The molecule has 0 bridgehead atoms. The van der Waals surface area contributed by atoms with Crippen LogP contribution in [-0.2, 0) is 24.6 Å². The van der Waals surface area contributed by atoms with Crippen LogP contribution in [0.15, 0.2) is 84.4 Å². The number of benzene rings is 3. The molecular weight excluding hydrogens is 590 g/mol. The fourth-order valence-corrected chi connectivity index (χ4v) is 8.63. The molecule has 2 N–H and O–H groups in total. The number of hydrazine groups is 1. The Bertz CT molecular complexity index is 1760. The first-order valence-corrected chi connectivity index (χ1v) is 15.9. The number of phenolic OH excluding ortho intramolecular Hbond substituents is 1. The van der Waals surface area contributed by atoms with Gasteiger partial charge in [-0.25, -0.2) is 0 Å². The minimum atomic E-state index is -1.40. The fourth-order valence-electron chi connectivity index (χ4n) is 8.35. The normalized spacial score (nSPS) is 29.0. The summed E-state index contributed by atoms with van der Waals surface area (Å²) in [5, 5.41) is 11.7. The minimum absolute atomic E-state index is 0.0256. The molecule has 9 heteroatoms. The number of hydrogen-bond acceptors (Lipinski definition) is 6. The summed E-state index contributed by atoms with van der Waals surface area (Å²) >= 11 is 6.88. The molecule has 2 saturated heterocycles. The van der Waals surface area contributed by atoms with Crippen LogP contribution < -0.4 is 5.43 Å². The molecule has 0 radical (unpaired) electrons. The zero-order valence-corrected chi connectivity index (χ0v) is 25.8. The van der Waals surface area contributed by atoms with Crippen molar-refractivity contribution in [2.24, 2.45) is 23.7 Å². The Morgan fingerprint density at radius 3 is 2.36 bits per heavy atom. The highest BCUT2D eigenvalue weighted by atomic mass is 35.5. The first-order chi connectivity index (χ1) is 21.7. The van der Waals surface area contributed by atoms with Crippen LogP contribution >= 0.6 is 11.6 Å². The van der Waals surface area contributed by atoms with E-state index in [4.69, 9.17) is 11.6 Å². The van der Waals surface area contributed by atoms with E-state index < -0.39 is 46.8 Å². The SMILES string of the molecule is CCCN1C(=O)[C@H]2[C@H](CC=C3[C@H]2C[C@H]2C(=O)N(Nc4ccc(C)cc4)C(=O)[C@@]2(c2ccccc2)[C@H]3c2ccc(O)cc2Cl)C1=O. The number of nitrogens with one attached hydrogen (secondary N) is 1. The van der Waals surface area contributed by atoms with Gasteiger partial charge in [0.05, 0.1) is 28.9 Å². The van der Waals surface area contributed by atoms with Crippen molar-refractivity contribution in [3.63, 3.8) is 0 Å². The Kier molecular flexibility index (Phi) is 7.08. The number of aryl methyl sites for hydroxylation is 1. The van der Waals surface area contributed by atoms with Crippen LogP contribution in [0.1, 0.15) is 48.8 Å². The highest BCUT2D eigenvalue weighted by Gasteiger charge is 2.70. The second-order valence-corrected chi connectivity index (χ2v) is 13.0. The van der Waals surface area contributed by atoms with E-state index >= 15 is 4.79 Å². The van der Waals surface area contributed by atoms with Crippen molar-refractivity contribution in [3.8, 4) is 5.75 Å². The van der Waals surface area contributed by atoms with Crippen LogP contribution in [0, 0.1) is 30.6 Å². The van der Waals surface area contributed by atoms with Crippen LogP contribution in [0.3, 0.4) is 0 Å². The molecule has 2 aliphatic carbocycles. The van der Waals surface area contributed by atoms with E-state index in [1.165, 1.54) is 17.0 Å². The van der Waals surface area contributed by atoms with Gasteiger partial charge in [-0.1, -0.05) is 84.3 Å². The molecule has 8 nitrogen and oxygen atoms in total. The van der Waals surface area contributed by atoms with Crippen molar-refractivity contribution >= 4 is 40.9 Å². The molecule has 2 aliphatic heterocycles. The summed E-state index contributed by atoms with van der Waals surface area (Å²) in [5.74, 6) is -4.39. The van der Waals surface area contributed by atoms with E-state index in [-0.39, 0.29) is 29.0 Å². The summed E-state index contributed by atoms with van der Waals surface area (Å²) in [7, 11) is 0. The number of likely N-dealkylation sites (tertiary alicyclic amines) is 1. The molecule has 0 unspecified atom stereocenters. The lowest BCUT2D eigenvalue weighted by Gasteiger charge is -2.50. The number of rotatable bonds is 6. The Morgan fingerprint density at radius 2 is 1.67 bits per heavy atom. The first-order valence-electron chi connectivity index (χ1n) is 15.5. The van der Waals surface area contributed by atoms with Crippen molar-refractivity contribution in [1.82, 2.24) is 9.91 Å². The van der Waals surface area contributed by atoms with Crippen molar-refractivity contribution in [3.05, 3.63) is 106 Å². The Morgan fingerprint density at radius 1 is 0.933 bits per heavy atom. The van der Waals surface area contributed by atoms with Crippen LogP contribution in [0.25, 0.3) is 0 Å². The lowest BCUT2D eigenvalue weighted by atomic mass is 9.49. The Labute approximate surface area is 266 Å². The van der Waals surface area contributed by atoms with Gasteiger partial charge < -0.3 is 5.11 Å². The zero-order valence-electron chi connectivity index (χ0n) is 25.1. The number of phenols is 1. The van der Waals surface area contributed by atoms with Crippen LogP contribution in [0.2, 0.25) is 5.02 Å². The highest BCUT2D eigenvalue weighted by molar-refractivity contribution is 6.31. The number of anilines is 1. The van der Waals surface area contributed by atoms with Gasteiger partial charge >= 0.3 is 0 Å². The highest BCUT2D eigenvalue weighted by Crippen LogP contribution is 2.64. The molecule has 3 aromatic carbocycles. The van der Waals surface area contributed by atoms with Crippen LogP contribution in [0.5, 0.6) is 5.75 Å². The van der Waals surface area contributed by atoms with E-state index in [2.05, 4.69) is 5.43 Å². The third kappa shape index (κ3) is 4.26. The maximum atomic E-state index is 15.1. The number of nitrogens with zero attached hydrogens (tertiary/aromatic N) is 2. The average molecular weight is 624 g/mol. The summed E-state index contributed by atoms with van der Waals surface area (Å²) in [5.41, 5.74) is 5.40. The maximum Gasteiger partial charge on any atom is 0.260 e. The van der Waals surface area contributed by atoms with Gasteiger partial charge in [0, 0.05) is 17.5 Å². The zero-order chi connectivity index (χ0) is 31.6. The van der Waals surface area contributed by atoms with E-state index in [1.54, 1.807) is 6.07 Å². The van der Waals surface area contributed by atoms with E-state index in [1.807, 2.05) is 74.5 Å². The number of carbonyl (C=O) groups is 4. The van der Waals surface area contributed by atoms with Crippen molar-refractivity contribution < 1.29 is 24.3 Å². The third-order valence-corrected chi connectivity index (χ3v) is 10.6. The summed E-state index contributed by atoms with van der Waals surface area (Å²) in [4.78, 5) is 58.4. The van der Waals surface area contributed by atoms with E-state index in [0.29, 0.717) is 36.2 Å². The van der Waals surface area contributed by atoms with Gasteiger partial charge in [0.15, 0.2) is 0 Å². The van der Waals surface area contributed by atoms with Gasteiger partial charge in [-0.2, -0.15) is 5.01 Å². The van der Waals surface area contributed by atoms with E-state index in [0.717, 1.165) is 16.1 Å². The molecule has 4 amide bonds. The molecule has 0 aromatic heterocycles. The number of aromatic hydroxyl groups is 1. The van der Waals surface area contributed by atoms with Gasteiger partial charge in [-0.05, 0) is 67.5 Å². The largest absolute Gasteiger partial charge is 0.508 e. The first kappa shape index (κ1) is 29.3. The van der Waals surface area contributed by atoms with Gasteiger partial charge in [0.2, 0.25) is 11.8 Å². The molecule has 3 aromatic rings. The smallest absolute Gasteiger partial charge is 0.260 e. The average Bonchev–Trinajstić information content (AvgIpc) is 3.40. The quantitative estimate of drug-likeness (QED) is 0.268. The number of halogens is 1. The number of hydrogen-bond donors (Lipinski definition) is 2. The van der Waals surface area contributed by atoms with Gasteiger partial charge in [0.25, 0.3) is 11.8 Å². The summed E-state index contributed by atoms with van der Waals surface area (Å²) in [6.07, 6.45) is 3.25. The molecular formula is C36H34ClN3O5. The third-order valence-electron chi connectivity index (χ3n) is 10.2. The minimum Gasteiger partial charge on any atom is -0.508 e. The topological polar surface area (TPSA) is 107 Å². The number of allylic oxidation sites excluding steroid dienone is 2. The molecule has 45 heavy (non-hydrogen) atoms. The maximum absolute atomic E-state index is 15.1. The van der Waals surface area contributed by atoms with Crippen molar-refractivity contribution in [2.75, 3.05) is 12.0 Å². The number of amides is 4. The lowest BCUT2D eigenvalue weighted by Crippen LogP contribution is -2.53. The molecule has 230 valence electrons. The van der Waals surface area contributed by atoms with Gasteiger partial charge in [-0.3, -0.25) is 29.5 Å². The number of imide groups is 2. The summed E-state index contributed by atoms with van der Waals surface area (Å²) < 4.78 is 0. The predicted octanol–water partition coefficient (Wildman–Crippen LogP) is 5.75. The van der Waals surface area contributed by atoms with Crippen molar-refractivity contribution in [2.45, 2.75) is 44.4 Å². The Balaban J connectivity index is 1.45. The van der Waals surface area contributed by atoms with Gasteiger partial charge in [0.1, 0.15) is 5.75 Å². The van der Waals surface area contributed by atoms with E-state index in [9.17, 15) is 19.5 Å². The van der Waals surface area contributed by atoms with Crippen LogP contribution in [0.4, 0.5) is 5.69 Å². The molecule has 0 spiro atoms.